The molecule has 1 aromatic rings. The number of halogens is 1. The van der Waals surface area contributed by atoms with Gasteiger partial charge in [0, 0.05) is 9.99 Å². The zero-order valence-electron chi connectivity index (χ0n) is 8.18. The first-order valence-corrected chi connectivity index (χ1v) is 5.53. The van der Waals surface area contributed by atoms with Crippen molar-refractivity contribution in [3.63, 3.8) is 0 Å². The molecule has 3 N–H and O–H groups in total. The number of carboxylic acid groups (broad SMARTS) is 2. The molecule has 1 amide bonds. The zero-order chi connectivity index (χ0) is 12.1. The minimum absolute atomic E-state index is 0.137. The Morgan fingerprint density at radius 1 is 1.25 bits per heavy atom. The summed E-state index contributed by atoms with van der Waals surface area (Å²) >= 11 is 2.14. The van der Waals surface area contributed by atoms with Crippen LogP contribution in [0.25, 0.3) is 0 Å². The number of hydrogen-bond acceptors (Lipinski definition) is 2. The molecule has 0 aromatic heterocycles. The number of carboxylic acids is 1. The molecule has 0 aliphatic rings. The Morgan fingerprint density at radius 3 is 2.25 bits per heavy atom. The molecular formula is C10H10INO4. The predicted octanol–water partition coefficient (Wildman–Crippen LogP) is 1.55. The van der Waals surface area contributed by atoms with Crippen LogP contribution >= 0.6 is 22.6 Å². The van der Waals surface area contributed by atoms with Crippen LogP contribution in [0.3, 0.4) is 0 Å². The molecule has 0 spiro atoms. The molecule has 0 radical (unpaired) electrons. The van der Waals surface area contributed by atoms with Crippen molar-refractivity contribution in [1.29, 1.82) is 0 Å². The Bertz CT molecular complexity index is 390. The van der Waals surface area contributed by atoms with Gasteiger partial charge in [0.1, 0.15) is 6.04 Å². The molecule has 6 heteroatoms. The second kappa shape index (κ2) is 5.69. The smallest absolute Gasteiger partial charge is 0.405 e. The van der Waals surface area contributed by atoms with E-state index in [0.29, 0.717) is 0 Å². The summed E-state index contributed by atoms with van der Waals surface area (Å²) in [4.78, 5) is 21.2. The van der Waals surface area contributed by atoms with Crippen molar-refractivity contribution in [3.05, 3.63) is 33.4 Å². The highest BCUT2D eigenvalue weighted by Crippen LogP contribution is 2.09. The molecule has 0 aliphatic carbocycles. The van der Waals surface area contributed by atoms with E-state index < -0.39 is 18.1 Å². The predicted molar refractivity (Wildman–Crippen MR) is 65.4 cm³/mol. The van der Waals surface area contributed by atoms with E-state index in [1.807, 2.05) is 17.4 Å². The lowest BCUT2D eigenvalue weighted by Crippen LogP contribution is -2.41. The average Bonchev–Trinajstić information content (AvgIpc) is 2.19. The zero-order valence-corrected chi connectivity index (χ0v) is 10.3. The standard InChI is InChI=1S/C10H10INO4/c11-7-3-1-6(2-4-7)5-8(9(13)14)12-10(15)16/h1-4,8,12H,5H2,(H,13,14)(H,15,16)/t8-/m0/s1. The summed E-state index contributed by atoms with van der Waals surface area (Å²) in [5.41, 5.74) is 0.779. The van der Waals surface area contributed by atoms with Crippen molar-refractivity contribution >= 4 is 34.7 Å². The molecule has 0 heterocycles. The van der Waals surface area contributed by atoms with Crippen LogP contribution in [-0.2, 0) is 11.2 Å². The maximum Gasteiger partial charge on any atom is 0.405 e. The molecule has 0 saturated carbocycles. The van der Waals surface area contributed by atoms with Crippen LogP contribution in [0.4, 0.5) is 4.79 Å². The largest absolute Gasteiger partial charge is 0.480 e. The number of carbonyl (C=O) groups is 2. The normalized spacial score (nSPS) is 11.8. The van der Waals surface area contributed by atoms with Crippen molar-refractivity contribution < 1.29 is 19.8 Å². The van der Waals surface area contributed by atoms with E-state index in [0.717, 1.165) is 9.13 Å². The summed E-state index contributed by atoms with van der Waals surface area (Å²) in [6, 6.07) is 6.13. The first-order valence-electron chi connectivity index (χ1n) is 4.45. The molecule has 1 rings (SSSR count). The van der Waals surface area contributed by atoms with Crippen molar-refractivity contribution in [2.75, 3.05) is 0 Å². The molecule has 1 aromatic carbocycles. The first-order chi connectivity index (χ1) is 7.49. The van der Waals surface area contributed by atoms with E-state index >= 15 is 0 Å². The lowest BCUT2D eigenvalue weighted by molar-refractivity contribution is -0.139. The quantitative estimate of drug-likeness (QED) is 0.729. The molecule has 0 saturated heterocycles. The fourth-order valence-electron chi connectivity index (χ4n) is 1.21. The second-order valence-corrected chi connectivity index (χ2v) is 4.42. The monoisotopic (exact) mass is 335 g/mol. The molecule has 5 nitrogen and oxygen atoms in total. The van der Waals surface area contributed by atoms with Gasteiger partial charge >= 0.3 is 12.1 Å². The Labute approximate surface area is 106 Å². The fraction of sp³-hybridized carbons (Fsp3) is 0.200. The van der Waals surface area contributed by atoms with Crippen molar-refractivity contribution in [1.82, 2.24) is 5.32 Å². The van der Waals surface area contributed by atoms with Gasteiger partial charge in [0.15, 0.2) is 0 Å². The van der Waals surface area contributed by atoms with Crippen LogP contribution in [0.15, 0.2) is 24.3 Å². The van der Waals surface area contributed by atoms with Crippen LogP contribution in [0.2, 0.25) is 0 Å². The van der Waals surface area contributed by atoms with Gasteiger partial charge in [-0.3, -0.25) is 0 Å². The van der Waals surface area contributed by atoms with Crippen LogP contribution in [-0.4, -0.2) is 28.3 Å². The summed E-state index contributed by atoms with van der Waals surface area (Å²) in [5, 5.41) is 19.2. The van der Waals surface area contributed by atoms with Gasteiger partial charge in [0.05, 0.1) is 0 Å². The van der Waals surface area contributed by atoms with Crippen molar-refractivity contribution in [2.24, 2.45) is 0 Å². The molecule has 1 atom stereocenters. The highest BCUT2D eigenvalue weighted by molar-refractivity contribution is 14.1. The average molecular weight is 335 g/mol. The lowest BCUT2D eigenvalue weighted by Gasteiger charge is -2.11. The van der Waals surface area contributed by atoms with Gasteiger partial charge in [-0.2, -0.15) is 0 Å². The lowest BCUT2D eigenvalue weighted by atomic mass is 10.1. The molecule has 16 heavy (non-hydrogen) atoms. The molecule has 0 bridgehead atoms. The fourth-order valence-corrected chi connectivity index (χ4v) is 1.56. The van der Waals surface area contributed by atoms with Gasteiger partial charge in [-0.1, -0.05) is 12.1 Å². The summed E-state index contributed by atoms with van der Waals surface area (Å²) in [6.07, 6.45) is -1.20. The summed E-state index contributed by atoms with van der Waals surface area (Å²) in [7, 11) is 0. The number of amides is 1. The van der Waals surface area contributed by atoms with Crippen LogP contribution in [0.5, 0.6) is 0 Å². The SMILES string of the molecule is O=C(O)N[C@@H](Cc1ccc(I)cc1)C(=O)O. The van der Waals surface area contributed by atoms with Crippen LogP contribution in [0.1, 0.15) is 5.56 Å². The maximum absolute atomic E-state index is 10.8. The molecule has 0 aliphatic heterocycles. The molecule has 0 fully saturated rings. The van der Waals surface area contributed by atoms with Crippen molar-refractivity contribution in [2.45, 2.75) is 12.5 Å². The van der Waals surface area contributed by atoms with Crippen molar-refractivity contribution in [3.8, 4) is 0 Å². The van der Waals surface area contributed by atoms with Gasteiger partial charge < -0.3 is 15.5 Å². The van der Waals surface area contributed by atoms with E-state index in [-0.39, 0.29) is 6.42 Å². The third kappa shape index (κ3) is 4.05. The molecule has 0 unspecified atom stereocenters. The Morgan fingerprint density at radius 2 is 1.81 bits per heavy atom. The highest BCUT2D eigenvalue weighted by atomic mass is 127. The Kier molecular flexibility index (Phi) is 4.53. The summed E-state index contributed by atoms with van der Waals surface area (Å²) < 4.78 is 1.04. The second-order valence-electron chi connectivity index (χ2n) is 3.17. The Hall–Kier alpha value is -1.31. The first kappa shape index (κ1) is 12.8. The van der Waals surface area contributed by atoms with Crippen LogP contribution < -0.4 is 5.32 Å². The molecular weight excluding hydrogens is 325 g/mol. The molecule has 86 valence electrons. The minimum Gasteiger partial charge on any atom is -0.480 e. The van der Waals surface area contributed by atoms with Gasteiger partial charge in [-0.05, 0) is 40.3 Å². The van der Waals surface area contributed by atoms with Gasteiger partial charge in [0.25, 0.3) is 0 Å². The van der Waals surface area contributed by atoms with Gasteiger partial charge in [0.2, 0.25) is 0 Å². The van der Waals surface area contributed by atoms with Gasteiger partial charge in [-0.15, -0.1) is 0 Å². The number of aliphatic carboxylic acids is 1. The van der Waals surface area contributed by atoms with E-state index in [4.69, 9.17) is 10.2 Å². The number of hydrogen-bond donors (Lipinski definition) is 3. The summed E-state index contributed by atoms with van der Waals surface area (Å²) in [5.74, 6) is -1.18. The maximum atomic E-state index is 10.8. The van der Waals surface area contributed by atoms with E-state index in [1.165, 1.54) is 0 Å². The van der Waals surface area contributed by atoms with Crippen LogP contribution in [0, 0.1) is 3.57 Å². The van der Waals surface area contributed by atoms with E-state index in [9.17, 15) is 9.59 Å². The number of benzene rings is 1. The third-order valence-corrected chi connectivity index (χ3v) is 2.67. The summed E-state index contributed by atoms with van der Waals surface area (Å²) in [6.45, 7) is 0. The minimum atomic E-state index is -1.34. The number of nitrogens with one attached hydrogen (secondary N) is 1. The number of rotatable bonds is 4. The Balaban J connectivity index is 2.71. The highest BCUT2D eigenvalue weighted by Gasteiger charge is 2.19. The topological polar surface area (TPSA) is 86.6 Å². The van der Waals surface area contributed by atoms with Gasteiger partial charge in [-0.25, -0.2) is 9.59 Å². The van der Waals surface area contributed by atoms with E-state index in [1.54, 1.807) is 12.1 Å². The van der Waals surface area contributed by atoms with E-state index in [2.05, 4.69) is 22.6 Å². The third-order valence-electron chi connectivity index (χ3n) is 1.95.